The van der Waals surface area contributed by atoms with Crippen LogP contribution in [0.2, 0.25) is 0 Å². The van der Waals surface area contributed by atoms with Crippen LogP contribution >= 0.6 is 47.1 Å². The minimum absolute atomic E-state index is 0.157. The summed E-state index contributed by atoms with van der Waals surface area (Å²) in [5, 5.41) is 10.1. The Morgan fingerprint density at radius 2 is 1.87 bits per heavy atom. The van der Waals surface area contributed by atoms with E-state index >= 15 is 0 Å². The molecular weight excluding hydrogens is 579 g/mol. The molecule has 0 bridgehead atoms. The third kappa shape index (κ3) is 6.16. The van der Waals surface area contributed by atoms with Crippen LogP contribution in [0, 0.1) is 0 Å². The molecule has 2 aromatic rings. The van der Waals surface area contributed by atoms with Gasteiger partial charge in [0.05, 0.1) is 15.2 Å². The van der Waals surface area contributed by atoms with Crippen LogP contribution in [-0.4, -0.2) is 49.8 Å². The van der Waals surface area contributed by atoms with Crippen molar-refractivity contribution in [2.45, 2.75) is 51.5 Å². The number of thioether (sulfide) groups is 2. The van der Waals surface area contributed by atoms with Gasteiger partial charge in [0.25, 0.3) is 11.5 Å². The Labute approximate surface area is 242 Å². The van der Waals surface area contributed by atoms with Crippen molar-refractivity contribution < 1.29 is 24.2 Å². The van der Waals surface area contributed by atoms with Gasteiger partial charge in [0, 0.05) is 30.5 Å². The zero-order chi connectivity index (χ0) is 28.3. The second-order valence-electron chi connectivity index (χ2n) is 8.54. The van der Waals surface area contributed by atoms with Gasteiger partial charge in [0.15, 0.2) is 0 Å². The smallest absolute Gasteiger partial charge is 0.323 e. The number of carboxylic acid groups (broad SMARTS) is 1. The summed E-state index contributed by atoms with van der Waals surface area (Å²) in [6.45, 7) is 6.26. The van der Waals surface area contributed by atoms with Gasteiger partial charge in [0.1, 0.15) is 26.2 Å². The summed E-state index contributed by atoms with van der Waals surface area (Å²) < 4.78 is 8.01. The average Bonchev–Trinajstić information content (AvgIpc) is 3.51. The van der Waals surface area contributed by atoms with Crippen molar-refractivity contribution in [1.29, 1.82) is 0 Å². The number of unbranched alkanes of at least 4 members (excludes halogenated alkanes) is 1. The number of fused-ring (bicyclic) bond motifs is 1. The summed E-state index contributed by atoms with van der Waals surface area (Å²) >= 11 is 8.99. The number of aromatic nitrogens is 1. The third-order valence-electron chi connectivity index (χ3n) is 5.90. The van der Waals surface area contributed by atoms with Crippen LogP contribution in [0.25, 0.3) is 11.0 Å². The number of benzene rings is 1. The molecule has 13 heteroatoms. The van der Waals surface area contributed by atoms with Crippen molar-refractivity contribution in [3.8, 4) is 5.75 Å². The Kier molecular flexibility index (Phi) is 9.36. The highest BCUT2D eigenvalue weighted by molar-refractivity contribution is 8.30. The Balaban J connectivity index is 1.74. The first kappa shape index (κ1) is 29.1. The fraction of sp³-hybridized carbons (Fsp3) is 0.346. The lowest BCUT2D eigenvalue weighted by atomic mass is 10.2. The molecule has 39 heavy (non-hydrogen) atoms. The lowest BCUT2D eigenvalue weighted by molar-refractivity contribution is -0.140. The Hall–Kier alpha value is -2.87. The van der Waals surface area contributed by atoms with Gasteiger partial charge >= 0.3 is 11.9 Å². The number of hydrogen-bond acceptors (Lipinski definition) is 10. The lowest BCUT2D eigenvalue weighted by Crippen LogP contribution is -2.35. The van der Waals surface area contributed by atoms with E-state index in [-0.39, 0.29) is 27.2 Å². The molecular formula is C26H27N3O6S4. The van der Waals surface area contributed by atoms with E-state index in [1.165, 1.54) is 15.9 Å². The number of esters is 1. The maximum absolute atomic E-state index is 13.2. The number of allylic oxidation sites excluding steroid dienone is 1. The van der Waals surface area contributed by atoms with Crippen LogP contribution < -0.4 is 24.4 Å². The van der Waals surface area contributed by atoms with Crippen molar-refractivity contribution in [3.63, 3.8) is 0 Å². The van der Waals surface area contributed by atoms with Gasteiger partial charge in [-0.3, -0.25) is 28.6 Å². The summed E-state index contributed by atoms with van der Waals surface area (Å²) in [5.41, 5.74) is 0.718. The van der Waals surface area contributed by atoms with Crippen LogP contribution in [-0.2, 0) is 20.9 Å². The number of rotatable bonds is 9. The third-order valence-corrected chi connectivity index (χ3v) is 9.74. The van der Waals surface area contributed by atoms with Crippen LogP contribution in [0.15, 0.2) is 39.0 Å². The molecule has 0 unspecified atom stereocenters. The first-order valence-corrected chi connectivity index (χ1v) is 15.3. The van der Waals surface area contributed by atoms with Crippen molar-refractivity contribution in [3.05, 3.63) is 48.9 Å². The molecule has 0 aliphatic carbocycles. The second-order valence-corrected chi connectivity index (χ2v) is 12.3. The number of carbonyl (C=O) groups excluding carboxylic acids is 2. The van der Waals surface area contributed by atoms with E-state index in [2.05, 4.69) is 11.8 Å². The zero-order valence-corrected chi connectivity index (χ0v) is 24.9. The van der Waals surface area contributed by atoms with Gasteiger partial charge in [-0.2, -0.15) is 0 Å². The molecule has 0 saturated carbocycles. The topological polar surface area (TPSA) is 109 Å². The van der Waals surface area contributed by atoms with Gasteiger partial charge in [0.2, 0.25) is 0 Å². The summed E-state index contributed by atoms with van der Waals surface area (Å²) in [6, 6.07) is 5.57. The lowest BCUT2D eigenvalue weighted by Gasteiger charge is -2.20. The van der Waals surface area contributed by atoms with Crippen LogP contribution in [0.4, 0.5) is 5.69 Å². The molecule has 1 amide bonds. The Bertz CT molecular complexity index is 1560. The Morgan fingerprint density at radius 3 is 2.54 bits per heavy atom. The molecule has 1 fully saturated rings. The number of hydrogen-bond donors (Lipinski definition) is 1. The minimum Gasteiger partial charge on any atom is -0.480 e. The quantitative estimate of drug-likeness (QED) is 0.260. The second kappa shape index (κ2) is 12.5. The molecule has 1 aromatic carbocycles. The number of thiazole rings is 1. The van der Waals surface area contributed by atoms with E-state index in [1.807, 2.05) is 25.1 Å². The van der Waals surface area contributed by atoms with Gasteiger partial charge < -0.3 is 14.7 Å². The summed E-state index contributed by atoms with van der Waals surface area (Å²) in [6.07, 6.45) is 5.89. The van der Waals surface area contributed by atoms with Crippen molar-refractivity contribution >= 4 is 85.9 Å². The predicted octanol–water partition coefficient (Wildman–Crippen LogP) is 3.33. The normalized spacial score (nSPS) is 17.9. The summed E-state index contributed by atoms with van der Waals surface area (Å²) in [7, 11) is 0. The number of amides is 1. The zero-order valence-electron chi connectivity index (χ0n) is 21.6. The monoisotopic (exact) mass is 605 g/mol. The highest BCUT2D eigenvalue weighted by Gasteiger charge is 2.35. The molecule has 4 rings (SSSR count). The number of aliphatic carboxylic acids is 1. The predicted molar refractivity (Wildman–Crippen MR) is 159 cm³/mol. The number of anilines is 1. The van der Waals surface area contributed by atoms with Crippen molar-refractivity contribution in [1.82, 2.24) is 9.47 Å². The van der Waals surface area contributed by atoms with E-state index in [1.54, 1.807) is 30.8 Å². The standard InChI is InChI=1S/C26H27N3O6S4/c1-4-7-12-28-16-13-15(35-21(32)5-2)8-9-17(16)37-19(28)11-10-18-23(33)27(6-3)25(38-18)22-24(34)29(14-20(30)31)26(36)39-22/h8-11,13H,4-7,12,14H2,1-3H3,(H,30,31). The number of carboxylic acids is 1. The van der Waals surface area contributed by atoms with Crippen molar-refractivity contribution in [2.75, 3.05) is 18.0 Å². The van der Waals surface area contributed by atoms with E-state index in [4.69, 9.17) is 22.1 Å². The van der Waals surface area contributed by atoms with Crippen molar-refractivity contribution in [2.24, 2.45) is 0 Å². The maximum atomic E-state index is 13.2. The summed E-state index contributed by atoms with van der Waals surface area (Å²) in [4.78, 5) is 53.6. The van der Waals surface area contributed by atoms with Gasteiger partial charge in [-0.05, 0) is 37.6 Å². The fourth-order valence-electron chi connectivity index (χ4n) is 3.95. The molecule has 2 aliphatic heterocycles. The highest BCUT2D eigenvalue weighted by atomic mass is 32.2. The summed E-state index contributed by atoms with van der Waals surface area (Å²) in [5.74, 6) is -1.47. The van der Waals surface area contributed by atoms with Crippen LogP contribution in [0.5, 0.6) is 5.75 Å². The first-order chi connectivity index (χ1) is 18.7. The van der Waals surface area contributed by atoms with Gasteiger partial charge in [-0.25, -0.2) is 0 Å². The molecule has 0 radical (unpaired) electrons. The maximum Gasteiger partial charge on any atom is 0.323 e. The molecule has 9 nitrogen and oxygen atoms in total. The molecule has 3 heterocycles. The van der Waals surface area contributed by atoms with Crippen LogP contribution in [0.3, 0.4) is 0 Å². The largest absolute Gasteiger partial charge is 0.480 e. The van der Waals surface area contributed by atoms with E-state index in [0.29, 0.717) is 21.5 Å². The fourth-order valence-corrected chi connectivity index (χ4v) is 7.54. The number of thiocarbonyl (C=S) groups is 1. The first-order valence-electron chi connectivity index (χ1n) is 12.4. The van der Waals surface area contributed by atoms with Gasteiger partial charge in [-0.1, -0.05) is 56.0 Å². The van der Waals surface area contributed by atoms with E-state index in [0.717, 1.165) is 51.7 Å². The van der Waals surface area contributed by atoms with Crippen LogP contribution in [0.1, 0.15) is 40.0 Å². The molecule has 1 N–H and O–H groups in total. The van der Waals surface area contributed by atoms with Gasteiger partial charge in [-0.15, -0.1) is 11.3 Å². The Morgan fingerprint density at radius 1 is 1.10 bits per heavy atom. The molecule has 2 aliphatic rings. The molecule has 0 atom stereocenters. The molecule has 0 spiro atoms. The van der Waals surface area contributed by atoms with E-state index in [9.17, 15) is 19.2 Å². The SMILES string of the molecule is CCCCN1C(=CC=c2sc(=C3SC(=S)N(CC(=O)O)C3=O)n(CC)c2=O)Sc2ccc(OC(=O)CC)cc21. The molecule has 206 valence electrons. The van der Waals surface area contributed by atoms with E-state index < -0.39 is 18.4 Å². The molecule has 1 aromatic heterocycles. The number of ether oxygens (including phenoxy) is 1. The average molecular weight is 606 g/mol. The highest BCUT2D eigenvalue weighted by Crippen LogP contribution is 2.47. The molecule has 1 saturated heterocycles. The number of carbonyl (C=O) groups is 3. The minimum atomic E-state index is -1.16. The number of nitrogens with zero attached hydrogens (tertiary/aromatic N) is 3.